The number of aromatic nitrogens is 1. The Bertz CT molecular complexity index is 1240. The van der Waals surface area contributed by atoms with Crippen molar-refractivity contribution in [3.63, 3.8) is 0 Å². The Morgan fingerprint density at radius 3 is 2.43 bits per heavy atom. The summed E-state index contributed by atoms with van der Waals surface area (Å²) in [5.74, 6) is 0.646. The van der Waals surface area contributed by atoms with Crippen molar-refractivity contribution in [3.05, 3.63) is 30.0 Å². The summed E-state index contributed by atoms with van der Waals surface area (Å²) in [7, 11) is 5.42. The van der Waals surface area contributed by atoms with E-state index in [1.165, 1.54) is 4.90 Å². The number of carboxylic acid groups (broad SMARTS) is 1. The second-order valence-electron chi connectivity index (χ2n) is 11.2. The average molecular weight is 589 g/mol. The van der Waals surface area contributed by atoms with Gasteiger partial charge in [0.2, 0.25) is 5.91 Å². The average Bonchev–Trinajstić information content (AvgIpc) is 3.31. The maximum absolute atomic E-state index is 13.4. The summed E-state index contributed by atoms with van der Waals surface area (Å²) in [6.45, 7) is 6.50. The van der Waals surface area contributed by atoms with E-state index in [4.69, 9.17) is 14.6 Å². The zero-order chi connectivity index (χ0) is 30.4. The predicted molar refractivity (Wildman–Crippen MR) is 157 cm³/mol. The van der Waals surface area contributed by atoms with E-state index in [0.717, 1.165) is 16.7 Å². The number of nitrogens with zero attached hydrogens (tertiary/aromatic N) is 6. The molecule has 2 unspecified atom stereocenters. The first-order valence-corrected chi connectivity index (χ1v) is 14.4. The number of amides is 3. The second-order valence-corrected chi connectivity index (χ2v) is 11.2. The number of aliphatic hydroxyl groups is 1. The first-order chi connectivity index (χ1) is 20.1. The predicted octanol–water partition coefficient (Wildman–Crippen LogP) is 0.465. The van der Waals surface area contributed by atoms with Crippen LogP contribution in [0.4, 0.5) is 4.79 Å². The SMILES string of the molecule is COc1ccc2cc(C(=O)N3CCN(C(=O)CN4CC(C)N(C(=O)O)CC4CN(C)CCOCCO)CC3)n(C)c2c1. The number of benzene rings is 1. The first-order valence-electron chi connectivity index (χ1n) is 14.4. The van der Waals surface area contributed by atoms with E-state index >= 15 is 0 Å². The molecular weight excluding hydrogens is 544 g/mol. The molecule has 0 spiro atoms. The molecule has 2 aromatic rings. The molecule has 1 aromatic carbocycles. The number of ether oxygens (including phenoxy) is 2. The number of hydrogen-bond acceptors (Lipinski definition) is 8. The molecule has 2 N–H and O–H groups in total. The van der Waals surface area contributed by atoms with E-state index in [-0.39, 0.29) is 43.7 Å². The number of fused-ring (bicyclic) bond motifs is 1. The first kappa shape index (κ1) is 31.5. The molecule has 0 saturated carbocycles. The number of rotatable bonds is 11. The van der Waals surface area contributed by atoms with E-state index in [1.807, 2.05) is 49.9 Å². The highest BCUT2D eigenvalue weighted by molar-refractivity contribution is 5.99. The quantitative estimate of drug-likeness (QED) is 0.360. The van der Waals surface area contributed by atoms with Gasteiger partial charge in [0.25, 0.3) is 5.91 Å². The van der Waals surface area contributed by atoms with Crippen LogP contribution in [0.15, 0.2) is 24.3 Å². The van der Waals surface area contributed by atoms with Gasteiger partial charge in [-0.3, -0.25) is 14.5 Å². The second kappa shape index (κ2) is 14.2. The van der Waals surface area contributed by atoms with Crippen LogP contribution >= 0.6 is 0 Å². The van der Waals surface area contributed by atoms with Crippen LogP contribution in [-0.2, 0) is 16.6 Å². The number of methoxy groups -OCH3 is 1. The van der Waals surface area contributed by atoms with Crippen LogP contribution in [0, 0.1) is 0 Å². The molecule has 3 heterocycles. The Balaban J connectivity index is 1.35. The van der Waals surface area contributed by atoms with Gasteiger partial charge in [0.15, 0.2) is 0 Å². The Morgan fingerprint density at radius 1 is 1.05 bits per heavy atom. The lowest BCUT2D eigenvalue weighted by atomic mass is 10.1. The van der Waals surface area contributed by atoms with Gasteiger partial charge in [0.1, 0.15) is 11.4 Å². The van der Waals surface area contributed by atoms with Gasteiger partial charge in [-0.2, -0.15) is 0 Å². The van der Waals surface area contributed by atoms with Crippen LogP contribution in [0.3, 0.4) is 0 Å². The lowest BCUT2D eigenvalue weighted by Gasteiger charge is -2.45. The largest absolute Gasteiger partial charge is 0.497 e. The topological polar surface area (TPSA) is 131 Å². The smallest absolute Gasteiger partial charge is 0.407 e. The van der Waals surface area contributed by atoms with E-state index in [1.54, 1.807) is 16.9 Å². The molecule has 0 bridgehead atoms. The Labute approximate surface area is 246 Å². The van der Waals surface area contributed by atoms with Crippen LogP contribution in [0.1, 0.15) is 17.4 Å². The van der Waals surface area contributed by atoms with Gasteiger partial charge in [0, 0.05) is 82.9 Å². The van der Waals surface area contributed by atoms with Crippen LogP contribution in [0.5, 0.6) is 5.75 Å². The molecule has 2 fully saturated rings. The van der Waals surface area contributed by atoms with Crippen molar-refractivity contribution < 1.29 is 34.1 Å². The lowest BCUT2D eigenvalue weighted by molar-refractivity contribution is -0.135. The Morgan fingerprint density at radius 2 is 1.76 bits per heavy atom. The minimum Gasteiger partial charge on any atom is -0.497 e. The fraction of sp³-hybridized carbons (Fsp3) is 0.621. The van der Waals surface area contributed by atoms with Gasteiger partial charge in [-0.05, 0) is 32.2 Å². The summed E-state index contributed by atoms with van der Waals surface area (Å²) < 4.78 is 12.6. The highest BCUT2D eigenvalue weighted by atomic mass is 16.5. The molecule has 232 valence electrons. The summed E-state index contributed by atoms with van der Waals surface area (Å²) >= 11 is 0. The van der Waals surface area contributed by atoms with Crippen LogP contribution in [-0.4, -0.2) is 162 Å². The fourth-order valence-corrected chi connectivity index (χ4v) is 5.82. The summed E-state index contributed by atoms with van der Waals surface area (Å²) in [4.78, 5) is 47.8. The summed E-state index contributed by atoms with van der Waals surface area (Å²) in [5.41, 5.74) is 1.51. The number of carbonyl (C=O) groups is 3. The van der Waals surface area contributed by atoms with Crippen molar-refractivity contribution >= 4 is 28.8 Å². The molecule has 0 radical (unpaired) electrons. The summed E-state index contributed by atoms with van der Waals surface area (Å²) in [6, 6.07) is 7.23. The molecular formula is C29H44N6O7. The van der Waals surface area contributed by atoms with Gasteiger partial charge in [-0.15, -0.1) is 0 Å². The number of hydrogen-bond donors (Lipinski definition) is 2. The van der Waals surface area contributed by atoms with Crippen molar-refractivity contribution in [1.29, 1.82) is 0 Å². The van der Waals surface area contributed by atoms with E-state index in [0.29, 0.717) is 64.7 Å². The van der Waals surface area contributed by atoms with E-state index in [9.17, 15) is 19.5 Å². The monoisotopic (exact) mass is 588 g/mol. The van der Waals surface area contributed by atoms with Crippen molar-refractivity contribution in [2.75, 3.05) is 92.9 Å². The molecule has 0 aliphatic carbocycles. The third-order valence-corrected chi connectivity index (χ3v) is 8.31. The van der Waals surface area contributed by atoms with Crippen molar-refractivity contribution in [2.45, 2.75) is 19.0 Å². The summed E-state index contributed by atoms with van der Waals surface area (Å²) in [6.07, 6.45) is -0.960. The van der Waals surface area contributed by atoms with Gasteiger partial charge in [-0.1, -0.05) is 0 Å². The van der Waals surface area contributed by atoms with Crippen LogP contribution < -0.4 is 4.74 Å². The number of carbonyl (C=O) groups excluding carboxylic acids is 2. The highest BCUT2D eigenvalue weighted by Gasteiger charge is 2.36. The minimum atomic E-state index is -0.960. The van der Waals surface area contributed by atoms with Gasteiger partial charge >= 0.3 is 6.09 Å². The minimum absolute atomic E-state index is 0.0197. The molecule has 2 atom stereocenters. The molecule has 42 heavy (non-hydrogen) atoms. The van der Waals surface area contributed by atoms with Crippen molar-refractivity contribution in [3.8, 4) is 5.75 Å². The molecule has 3 amide bonds. The third kappa shape index (κ3) is 7.33. The fourth-order valence-electron chi connectivity index (χ4n) is 5.82. The van der Waals surface area contributed by atoms with Crippen molar-refractivity contribution in [2.24, 2.45) is 7.05 Å². The molecule has 4 rings (SSSR count). The number of aliphatic hydroxyl groups excluding tert-OH is 1. The number of piperazine rings is 2. The van der Waals surface area contributed by atoms with Crippen LogP contribution in [0.25, 0.3) is 10.9 Å². The maximum atomic E-state index is 13.4. The number of likely N-dealkylation sites (N-methyl/N-ethyl adjacent to an activating group) is 1. The molecule has 13 nitrogen and oxygen atoms in total. The van der Waals surface area contributed by atoms with E-state index < -0.39 is 6.09 Å². The summed E-state index contributed by atoms with van der Waals surface area (Å²) in [5, 5.41) is 19.6. The lowest BCUT2D eigenvalue weighted by Crippen LogP contribution is -2.63. The van der Waals surface area contributed by atoms with Gasteiger partial charge in [0.05, 0.1) is 39.0 Å². The number of aryl methyl sites for hydroxylation is 1. The Hall–Kier alpha value is -3.39. The zero-order valence-electron chi connectivity index (χ0n) is 25.1. The van der Waals surface area contributed by atoms with Crippen LogP contribution in [0.2, 0.25) is 0 Å². The standard InChI is InChI=1S/C29H44N6O7/c1-21-17-34(23(19-35(21)29(39)40)18-30(2)11-13-42-14-12-36)20-27(37)32-7-9-33(10-8-32)28(38)26-15-22-5-6-24(41-4)16-25(22)31(26)3/h5-6,15-16,21,23,36H,7-14,17-20H2,1-4H3,(H,39,40). The molecule has 2 saturated heterocycles. The molecule has 2 aliphatic rings. The maximum Gasteiger partial charge on any atom is 0.407 e. The normalized spacial score (nSPS) is 20.0. The Kier molecular flexibility index (Phi) is 10.7. The molecule has 1 aromatic heterocycles. The molecule has 2 aliphatic heterocycles. The van der Waals surface area contributed by atoms with E-state index in [2.05, 4.69) is 9.80 Å². The zero-order valence-corrected chi connectivity index (χ0v) is 25.1. The van der Waals surface area contributed by atoms with Gasteiger partial charge < -0.3 is 43.9 Å². The highest BCUT2D eigenvalue weighted by Crippen LogP contribution is 2.25. The third-order valence-electron chi connectivity index (χ3n) is 8.31. The van der Waals surface area contributed by atoms with Crippen molar-refractivity contribution in [1.82, 2.24) is 29.1 Å². The van der Waals surface area contributed by atoms with Gasteiger partial charge in [-0.25, -0.2) is 4.79 Å². The molecule has 13 heteroatoms.